The number of hydrogen-bond acceptors (Lipinski definition) is 8. The molecule has 2 rings (SSSR count). The zero-order valence-corrected chi connectivity index (χ0v) is 19.8. The number of aliphatic hydroxyl groups is 2. The Morgan fingerprint density at radius 2 is 1.50 bits per heavy atom. The fraction of sp³-hybridized carbons (Fsp3) is 0.478. The number of hydrogen-bond donors (Lipinski definition) is 9. The van der Waals surface area contributed by atoms with E-state index in [1.807, 2.05) is 24.3 Å². The largest absolute Gasteiger partial charge is 0.480 e. The molecule has 4 atom stereocenters. The summed E-state index contributed by atoms with van der Waals surface area (Å²) in [5.74, 6) is -3.80. The van der Waals surface area contributed by atoms with Crippen molar-refractivity contribution in [3.05, 3.63) is 36.0 Å². The van der Waals surface area contributed by atoms with Crippen LogP contribution >= 0.6 is 0 Å². The normalized spacial score (nSPS) is 14.4. The van der Waals surface area contributed by atoms with Crippen LogP contribution in [0.2, 0.25) is 0 Å². The van der Waals surface area contributed by atoms with E-state index in [-0.39, 0.29) is 12.8 Å². The van der Waals surface area contributed by atoms with Crippen molar-refractivity contribution in [2.75, 3.05) is 19.8 Å². The highest BCUT2D eigenvalue weighted by molar-refractivity contribution is 5.94. The summed E-state index contributed by atoms with van der Waals surface area (Å²) in [5, 5.41) is 35.8. The van der Waals surface area contributed by atoms with Crippen LogP contribution in [-0.2, 0) is 25.6 Å². The van der Waals surface area contributed by atoms with Crippen LogP contribution in [0.4, 0.5) is 0 Å². The molecule has 0 saturated carbocycles. The molecule has 2 aromatic rings. The number of aromatic nitrogens is 1. The minimum Gasteiger partial charge on any atom is -0.480 e. The Bertz CT molecular complexity index is 1040. The van der Waals surface area contributed by atoms with Crippen LogP contribution in [0, 0.1) is 0 Å². The Hall–Kier alpha value is -3.52. The van der Waals surface area contributed by atoms with Crippen LogP contribution in [0.5, 0.6) is 0 Å². The van der Waals surface area contributed by atoms with E-state index in [1.54, 1.807) is 6.20 Å². The van der Waals surface area contributed by atoms with Gasteiger partial charge in [0.25, 0.3) is 0 Å². The number of carboxylic acids is 1. The summed E-state index contributed by atoms with van der Waals surface area (Å²) < 4.78 is 0. The summed E-state index contributed by atoms with van der Waals surface area (Å²) in [5.41, 5.74) is 13.2. The lowest BCUT2D eigenvalue weighted by Crippen LogP contribution is -2.58. The van der Waals surface area contributed by atoms with E-state index < -0.39 is 61.1 Å². The average Bonchev–Trinajstić information content (AvgIpc) is 3.27. The lowest BCUT2D eigenvalue weighted by atomic mass is 10.0. The smallest absolute Gasteiger partial charge is 0.328 e. The molecule has 0 fully saturated rings. The van der Waals surface area contributed by atoms with Crippen molar-refractivity contribution in [3.8, 4) is 0 Å². The van der Waals surface area contributed by atoms with Crippen molar-refractivity contribution in [2.24, 2.45) is 11.5 Å². The van der Waals surface area contributed by atoms with Gasteiger partial charge >= 0.3 is 5.97 Å². The van der Waals surface area contributed by atoms with Crippen molar-refractivity contribution in [3.63, 3.8) is 0 Å². The highest BCUT2D eigenvalue weighted by Crippen LogP contribution is 2.18. The summed E-state index contributed by atoms with van der Waals surface area (Å²) in [7, 11) is 0. The molecular weight excluding hydrogens is 472 g/mol. The second-order valence-electron chi connectivity index (χ2n) is 8.34. The Morgan fingerprint density at radius 1 is 0.889 bits per heavy atom. The maximum Gasteiger partial charge on any atom is 0.328 e. The maximum atomic E-state index is 12.8. The number of H-pyrrole nitrogens is 1. The molecule has 0 radical (unpaired) electrons. The molecule has 4 unspecified atom stereocenters. The second kappa shape index (κ2) is 14.1. The number of unbranched alkanes of at least 4 members (excludes halogenated alkanes) is 1. The topological polar surface area (TPSA) is 233 Å². The van der Waals surface area contributed by atoms with Gasteiger partial charge in [-0.05, 0) is 43.9 Å². The average molecular weight is 507 g/mol. The zero-order valence-electron chi connectivity index (χ0n) is 19.8. The molecule has 0 spiro atoms. The first-order valence-electron chi connectivity index (χ1n) is 11.6. The number of carbonyl (C=O) groups excluding carboxylic acids is 3. The molecular formula is C23H34N6O7. The monoisotopic (exact) mass is 506 g/mol. The number of carbonyl (C=O) groups is 4. The van der Waals surface area contributed by atoms with E-state index in [9.17, 15) is 24.3 Å². The van der Waals surface area contributed by atoms with Crippen LogP contribution in [-0.4, -0.2) is 87.9 Å². The van der Waals surface area contributed by atoms with E-state index >= 15 is 0 Å². The van der Waals surface area contributed by atoms with Crippen LogP contribution < -0.4 is 27.4 Å². The van der Waals surface area contributed by atoms with E-state index in [0.717, 1.165) is 16.5 Å². The number of carboxylic acid groups (broad SMARTS) is 1. The van der Waals surface area contributed by atoms with Crippen LogP contribution in [0.25, 0.3) is 10.9 Å². The molecule has 0 saturated heterocycles. The number of aliphatic hydroxyl groups excluding tert-OH is 2. The predicted molar refractivity (Wildman–Crippen MR) is 130 cm³/mol. The first kappa shape index (κ1) is 28.7. The Morgan fingerprint density at radius 3 is 2.14 bits per heavy atom. The van der Waals surface area contributed by atoms with E-state index in [0.29, 0.717) is 19.4 Å². The number of nitrogens with two attached hydrogens (primary N) is 2. The van der Waals surface area contributed by atoms with Crippen molar-refractivity contribution < 1.29 is 34.5 Å². The van der Waals surface area contributed by atoms with Crippen LogP contribution in [0.15, 0.2) is 30.5 Å². The number of benzene rings is 1. The van der Waals surface area contributed by atoms with Gasteiger partial charge < -0.3 is 47.7 Å². The van der Waals surface area contributed by atoms with E-state index in [2.05, 4.69) is 20.9 Å². The first-order chi connectivity index (χ1) is 17.2. The minimum atomic E-state index is -1.55. The number of para-hydroxylation sites is 1. The second-order valence-corrected chi connectivity index (χ2v) is 8.34. The van der Waals surface area contributed by atoms with Gasteiger partial charge in [-0.25, -0.2) is 4.79 Å². The SMILES string of the molecule is NCCCCC(NC(=O)C(CO)NC(=O)C(N)Cc1c[nH]c2ccccc12)C(=O)NC(CO)C(=O)O. The molecule has 1 heterocycles. The van der Waals surface area contributed by atoms with Crippen LogP contribution in [0.1, 0.15) is 24.8 Å². The molecule has 13 heteroatoms. The van der Waals surface area contributed by atoms with E-state index in [1.165, 1.54) is 0 Å². The molecule has 36 heavy (non-hydrogen) atoms. The fourth-order valence-corrected chi connectivity index (χ4v) is 3.59. The number of rotatable bonds is 15. The molecule has 198 valence electrons. The molecule has 0 bridgehead atoms. The molecule has 0 aliphatic heterocycles. The number of nitrogens with one attached hydrogen (secondary N) is 4. The highest BCUT2D eigenvalue weighted by Gasteiger charge is 2.30. The molecule has 1 aromatic carbocycles. The predicted octanol–water partition coefficient (Wildman–Crippen LogP) is -2.31. The summed E-state index contributed by atoms with van der Waals surface area (Å²) in [4.78, 5) is 52.2. The Labute approximate surface area is 207 Å². The summed E-state index contributed by atoms with van der Waals surface area (Å²) in [6.45, 7) is -1.25. The van der Waals surface area contributed by atoms with Gasteiger partial charge in [-0.1, -0.05) is 18.2 Å². The molecule has 1 aromatic heterocycles. The maximum absolute atomic E-state index is 12.8. The van der Waals surface area contributed by atoms with Gasteiger partial charge in [0.05, 0.1) is 19.3 Å². The lowest BCUT2D eigenvalue weighted by molar-refractivity contribution is -0.143. The quantitative estimate of drug-likeness (QED) is 0.118. The highest BCUT2D eigenvalue weighted by atomic mass is 16.4. The number of aromatic amines is 1. The van der Waals surface area contributed by atoms with Crippen molar-refractivity contribution in [1.82, 2.24) is 20.9 Å². The molecule has 11 N–H and O–H groups in total. The third-order valence-electron chi connectivity index (χ3n) is 5.64. The van der Waals surface area contributed by atoms with Gasteiger partial charge in [0.1, 0.15) is 18.1 Å². The molecule has 3 amide bonds. The zero-order chi connectivity index (χ0) is 26.7. The summed E-state index contributed by atoms with van der Waals surface area (Å²) in [6.07, 6.45) is 3.04. The Balaban J connectivity index is 2.02. The van der Waals surface area contributed by atoms with Crippen molar-refractivity contribution in [2.45, 2.75) is 49.9 Å². The number of fused-ring (bicyclic) bond motifs is 1. The van der Waals surface area contributed by atoms with Gasteiger partial charge in [-0.3, -0.25) is 14.4 Å². The van der Waals surface area contributed by atoms with Gasteiger partial charge in [0, 0.05) is 17.1 Å². The van der Waals surface area contributed by atoms with Gasteiger partial charge in [-0.15, -0.1) is 0 Å². The summed E-state index contributed by atoms with van der Waals surface area (Å²) >= 11 is 0. The standard InChI is InChI=1S/C23H34N6O7/c24-8-4-3-7-17(21(33)29-19(12-31)23(35)36)27-22(34)18(11-30)28-20(32)15(25)9-13-10-26-16-6-2-1-5-14(13)16/h1-2,5-6,10,15,17-19,26,30-31H,3-4,7-9,11-12,24-25H2,(H,27,34)(H,28,32)(H,29,33)(H,35,36). The Kier molecular flexibility index (Phi) is 11.3. The third-order valence-corrected chi connectivity index (χ3v) is 5.64. The fourth-order valence-electron chi connectivity index (χ4n) is 3.59. The van der Waals surface area contributed by atoms with Crippen molar-refractivity contribution in [1.29, 1.82) is 0 Å². The molecule has 13 nitrogen and oxygen atoms in total. The first-order valence-corrected chi connectivity index (χ1v) is 11.6. The van der Waals surface area contributed by atoms with E-state index in [4.69, 9.17) is 21.7 Å². The van der Waals surface area contributed by atoms with Crippen LogP contribution in [0.3, 0.4) is 0 Å². The number of amides is 3. The van der Waals surface area contributed by atoms with Crippen molar-refractivity contribution >= 4 is 34.6 Å². The van der Waals surface area contributed by atoms with Gasteiger partial charge in [0.15, 0.2) is 0 Å². The van der Waals surface area contributed by atoms with Gasteiger partial charge in [-0.2, -0.15) is 0 Å². The number of aliphatic carboxylic acids is 1. The summed E-state index contributed by atoms with van der Waals surface area (Å²) in [6, 6.07) is 2.35. The van der Waals surface area contributed by atoms with Gasteiger partial charge in [0.2, 0.25) is 17.7 Å². The molecule has 0 aliphatic carbocycles. The lowest BCUT2D eigenvalue weighted by Gasteiger charge is -2.24. The minimum absolute atomic E-state index is 0.124. The third kappa shape index (κ3) is 8.02. The molecule has 0 aliphatic rings.